The second-order valence-electron chi connectivity index (χ2n) is 6.12. The number of benzene rings is 2. The van der Waals surface area contributed by atoms with Crippen molar-refractivity contribution in [3.05, 3.63) is 52.0 Å². The molecule has 0 N–H and O–H groups in total. The minimum absolute atomic E-state index is 0.0274. The fourth-order valence-electron chi connectivity index (χ4n) is 2.35. The highest BCUT2D eigenvalue weighted by atomic mass is 35.5. The van der Waals surface area contributed by atoms with Gasteiger partial charge in [-0.05, 0) is 55.7 Å². The highest BCUT2D eigenvalue weighted by Gasteiger charge is 2.14. The summed E-state index contributed by atoms with van der Waals surface area (Å²) in [6.07, 6.45) is 2.56. The summed E-state index contributed by atoms with van der Waals surface area (Å²) < 4.78 is 16.0. The normalized spacial score (nSPS) is 12.1. The summed E-state index contributed by atoms with van der Waals surface area (Å²) in [6, 6.07) is 8.81. The van der Waals surface area contributed by atoms with Crippen LogP contribution >= 0.6 is 11.6 Å². The Morgan fingerprint density at radius 2 is 2.00 bits per heavy atom. The zero-order chi connectivity index (χ0) is 20.0. The van der Waals surface area contributed by atoms with Gasteiger partial charge in [0.2, 0.25) is 0 Å². The van der Waals surface area contributed by atoms with Gasteiger partial charge in [-0.25, -0.2) is 4.79 Å². The fraction of sp³-hybridized carbons (Fsp3) is 0.333. The predicted molar refractivity (Wildman–Crippen MR) is 108 cm³/mol. The van der Waals surface area contributed by atoms with E-state index in [1.165, 1.54) is 7.11 Å². The molecule has 0 unspecified atom stereocenters. The van der Waals surface area contributed by atoms with E-state index in [2.05, 4.69) is 4.99 Å². The van der Waals surface area contributed by atoms with Gasteiger partial charge in [0.15, 0.2) is 11.5 Å². The Bertz CT molecular complexity index is 848. The van der Waals surface area contributed by atoms with Crippen molar-refractivity contribution in [1.82, 2.24) is 0 Å². The molecule has 1 atom stereocenters. The third kappa shape index (κ3) is 5.23. The van der Waals surface area contributed by atoms with Gasteiger partial charge in [-0.1, -0.05) is 24.6 Å². The molecular weight excluding hydrogens is 366 g/mol. The first-order chi connectivity index (χ1) is 12.9. The summed E-state index contributed by atoms with van der Waals surface area (Å²) >= 11 is 6.39. The van der Waals surface area contributed by atoms with Gasteiger partial charge >= 0.3 is 5.97 Å². The average molecular weight is 390 g/mol. The van der Waals surface area contributed by atoms with Gasteiger partial charge in [0, 0.05) is 6.21 Å². The lowest BCUT2D eigenvalue weighted by Gasteiger charge is -2.17. The van der Waals surface area contributed by atoms with E-state index in [-0.39, 0.29) is 6.10 Å². The second-order valence-corrected chi connectivity index (χ2v) is 6.53. The summed E-state index contributed by atoms with van der Waals surface area (Å²) in [6.45, 7) is 5.93. The van der Waals surface area contributed by atoms with Crippen LogP contribution in [0.5, 0.6) is 11.5 Å². The standard InChI is InChI=1S/C21H24ClNO4/c1-6-14(3)27-20-17(22)9-15(10-19(20)25-4)12-23-18-11-16(21(24)26-5)8-7-13(18)2/h7-12,14H,6H2,1-5H3/t14-/m1/s1. The molecule has 0 bridgehead atoms. The van der Waals surface area contributed by atoms with Crippen LogP contribution in [0.3, 0.4) is 0 Å². The molecule has 0 saturated heterocycles. The van der Waals surface area contributed by atoms with Crippen LogP contribution in [0.15, 0.2) is 35.3 Å². The highest BCUT2D eigenvalue weighted by Crippen LogP contribution is 2.37. The minimum Gasteiger partial charge on any atom is -0.493 e. The van der Waals surface area contributed by atoms with E-state index in [4.69, 9.17) is 25.8 Å². The average Bonchev–Trinajstić information content (AvgIpc) is 2.68. The molecule has 0 saturated carbocycles. The van der Waals surface area contributed by atoms with Crippen LogP contribution in [0, 0.1) is 6.92 Å². The smallest absolute Gasteiger partial charge is 0.337 e. The Labute approximate surface area is 164 Å². The SMILES string of the molecule is CC[C@@H](C)Oc1c(Cl)cc(C=Nc2cc(C(=O)OC)ccc2C)cc1OC. The minimum atomic E-state index is -0.400. The molecule has 0 radical (unpaired) electrons. The van der Waals surface area contributed by atoms with Crippen LogP contribution in [-0.2, 0) is 4.74 Å². The molecule has 0 amide bonds. The van der Waals surface area contributed by atoms with E-state index < -0.39 is 5.97 Å². The van der Waals surface area contributed by atoms with E-state index in [9.17, 15) is 4.79 Å². The van der Waals surface area contributed by atoms with Gasteiger partial charge in [0.05, 0.1) is 36.6 Å². The molecular formula is C21H24ClNO4. The first-order valence-corrected chi connectivity index (χ1v) is 9.04. The molecule has 0 aliphatic rings. The lowest BCUT2D eigenvalue weighted by molar-refractivity contribution is 0.0601. The maximum atomic E-state index is 11.7. The maximum absolute atomic E-state index is 11.7. The van der Waals surface area contributed by atoms with Gasteiger partial charge in [0.25, 0.3) is 0 Å². The van der Waals surface area contributed by atoms with E-state index in [0.29, 0.717) is 27.8 Å². The van der Waals surface area contributed by atoms with Crippen molar-refractivity contribution in [1.29, 1.82) is 0 Å². The first kappa shape index (κ1) is 20.8. The van der Waals surface area contributed by atoms with Crippen molar-refractivity contribution in [2.75, 3.05) is 14.2 Å². The molecule has 2 rings (SSSR count). The molecule has 0 spiro atoms. The fourth-order valence-corrected chi connectivity index (χ4v) is 2.61. The zero-order valence-electron chi connectivity index (χ0n) is 16.2. The lowest BCUT2D eigenvalue weighted by Crippen LogP contribution is -2.11. The van der Waals surface area contributed by atoms with Gasteiger partial charge in [-0.2, -0.15) is 0 Å². The quantitative estimate of drug-likeness (QED) is 0.471. The van der Waals surface area contributed by atoms with Crippen molar-refractivity contribution < 1.29 is 19.0 Å². The summed E-state index contributed by atoms with van der Waals surface area (Å²) in [4.78, 5) is 16.2. The topological polar surface area (TPSA) is 57.1 Å². The van der Waals surface area contributed by atoms with Crippen LogP contribution in [0.4, 0.5) is 5.69 Å². The lowest BCUT2D eigenvalue weighted by atomic mass is 10.1. The summed E-state index contributed by atoms with van der Waals surface area (Å²) in [7, 11) is 2.92. The molecule has 0 aliphatic carbocycles. The summed E-state index contributed by atoms with van der Waals surface area (Å²) in [5, 5.41) is 0.455. The molecule has 2 aromatic rings. The van der Waals surface area contributed by atoms with Crippen molar-refractivity contribution in [3.63, 3.8) is 0 Å². The molecule has 0 fully saturated rings. The Morgan fingerprint density at radius 3 is 2.63 bits per heavy atom. The Hall–Kier alpha value is -2.53. The molecule has 6 heteroatoms. The van der Waals surface area contributed by atoms with E-state index in [0.717, 1.165) is 17.5 Å². The maximum Gasteiger partial charge on any atom is 0.337 e. The molecule has 5 nitrogen and oxygen atoms in total. The number of aliphatic imine (C=N–C) groups is 1. The summed E-state index contributed by atoms with van der Waals surface area (Å²) in [5.41, 5.74) is 2.82. The van der Waals surface area contributed by atoms with Crippen molar-refractivity contribution in [2.24, 2.45) is 4.99 Å². The van der Waals surface area contributed by atoms with E-state index in [1.807, 2.05) is 32.9 Å². The molecule has 27 heavy (non-hydrogen) atoms. The summed E-state index contributed by atoms with van der Waals surface area (Å²) in [5.74, 6) is 0.668. The molecule has 2 aromatic carbocycles. The number of methoxy groups -OCH3 is 2. The molecule has 144 valence electrons. The number of ether oxygens (including phenoxy) is 3. The van der Waals surface area contributed by atoms with E-state index >= 15 is 0 Å². The number of aryl methyl sites for hydroxylation is 1. The number of carbonyl (C=O) groups is 1. The largest absolute Gasteiger partial charge is 0.493 e. The Morgan fingerprint density at radius 1 is 1.26 bits per heavy atom. The number of esters is 1. The zero-order valence-corrected chi connectivity index (χ0v) is 17.0. The van der Waals surface area contributed by atoms with E-state index in [1.54, 1.807) is 31.5 Å². The van der Waals surface area contributed by atoms with Crippen LogP contribution in [0.25, 0.3) is 0 Å². The number of hydrogen-bond donors (Lipinski definition) is 0. The van der Waals surface area contributed by atoms with Crippen molar-refractivity contribution in [2.45, 2.75) is 33.3 Å². The number of nitrogens with zero attached hydrogens (tertiary/aromatic N) is 1. The molecule has 0 aliphatic heterocycles. The predicted octanol–water partition coefficient (Wildman–Crippen LogP) is 5.37. The molecule has 0 heterocycles. The third-order valence-electron chi connectivity index (χ3n) is 4.13. The van der Waals surface area contributed by atoms with Gasteiger partial charge in [-0.3, -0.25) is 4.99 Å². The Balaban J connectivity index is 2.34. The van der Waals surface area contributed by atoms with Crippen LogP contribution in [0.2, 0.25) is 5.02 Å². The van der Waals surface area contributed by atoms with Crippen molar-refractivity contribution in [3.8, 4) is 11.5 Å². The second kappa shape index (κ2) is 9.42. The monoisotopic (exact) mass is 389 g/mol. The third-order valence-corrected chi connectivity index (χ3v) is 4.41. The van der Waals surface area contributed by atoms with Crippen molar-refractivity contribution >= 4 is 29.5 Å². The van der Waals surface area contributed by atoms with Crippen LogP contribution in [0.1, 0.15) is 41.8 Å². The number of rotatable bonds is 7. The highest BCUT2D eigenvalue weighted by molar-refractivity contribution is 6.32. The Kier molecular flexibility index (Phi) is 7.25. The first-order valence-electron chi connectivity index (χ1n) is 8.66. The number of carbonyl (C=O) groups excluding carboxylic acids is 1. The number of halogens is 1. The van der Waals surface area contributed by atoms with Gasteiger partial charge in [-0.15, -0.1) is 0 Å². The number of hydrogen-bond acceptors (Lipinski definition) is 5. The molecule has 0 aromatic heterocycles. The van der Waals surface area contributed by atoms with Crippen LogP contribution < -0.4 is 9.47 Å². The van der Waals surface area contributed by atoms with Gasteiger partial charge < -0.3 is 14.2 Å². The van der Waals surface area contributed by atoms with Gasteiger partial charge in [0.1, 0.15) is 0 Å². The van der Waals surface area contributed by atoms with Crippen LogP contribution in [-0.4, -0.2) is 32.5 Å².